The molecule has 0 radical (unpaired) electrons. The van der Waals surface area contributed by atoms with Gasteiger partial charge in [0.2, 0.25) is 0 Å². The fourth-order valence-corrected chi connectivity index (χ4v) is 2.57. The molecule has 0 aliphatic carbocycles. The molecule has 1 aromatic rings. The predicted octanol–water partition coefficient (Wildman–Crippen LogP) is 1.08. The van der Waals surface area contributed by atoms with Crippen molar-refractivity contribution in [3.05, 3.63) is 24.8 Å². The molecule has 0 aliphatic heterocycles. The normalized spacial score (nSPS) is 9.77. The number of hydrogen-bond acceptors (Lipinski definition) is 3. The molecule has 0 aliphatic rings. The minimum absolute atomic E-state index is 0.309. The molecule has 1 amide bonds. The fourth-order valence-electron chi connectivity index (χ4n) is 0.799. The SMILES string of the molecule is NNC(=O)c1cc(I)c(N)c(I)c1. The van der Waals surface area contributed by atoms with Gasteiger partial charge in [0.25, 0.3) is 5.91 Å². The summed E-state index contributed by atoms with van der Waals surface area (Å²) in [6.45, 7) is 0. The van der Waals surface area contributed by atoms with Crippen LogP contribution in [0.4, 0.5) is 5.69 Å². The van der Waals surface area contributed by atoms with Crippen molar-refractivity contribution in [3.8, 4) is 0 Å². The lowest BCUT2D eigenvalue weighted by Crippen LogP contribution is -2.30. The number of carbonyl (C=O) groups is 1. The van der Waals surface area contributed by atoms with E-state index >= 15 is 0 Å². The molecular weight excluding hydrogens is 396 g/mol. The molecule has 0 heterocycles. The van der Waals surface area contributed by atoms with Gasteiger partial charge in [-0.25, -0.2) is 5.84 Å². The predicted molar refractivity (Wildman–Crippen MR) is 67.9 cm³/mol. The number of nitrogens with one attached hydrogen (secondary N) is 1. The van der Waals surface area contributed by atoms with Gasteiger partial charge in [0.1, 0.15) is 0 Å². The molecule has 4 nitrogen and oxygen atoms in total. The zero-order valence-electron chi connectivity index (χ0n) is 6.47. The van der Waals surface area contributed by atoms with Crippen LogP contribution < -0.4 is 17.0 Å². The van der Waals surface area contributed by atoms with Gasteiger partial charge in [0.15, 0.2) is 0 Å². The molecule has 1 rings (SSSR count). The Kier molecular flexibility index (Phi) is 3.74. The van der Waals surface area contributed by atoms with E-state index in [9.17, 15) is 4.79 Å². The van der Waals surface area contributed by atoms with Gasteiger partial charge in [0.05, 0.1) is 5.69 Å². The lowest BCUT2D eigenvalue weighted by Gasteiger charge is -2.05. The van der Waals surface area contributed by atoms with Crippen LogP contribution in [0.25, 0.3) is 0 Å². The van der Waals surface area contributed by atoms with E-state index in [4.69, 9.17) is 11.6 Å². The summed E-state index contributed by atoms with van der Waals surface area (Å²) in [5.41, 5.74) is 8.99. The summed E-state index contributed by atoms with van der Waals surface area (Å²) in [6, 6.07) is 3.39. The third kappa shape index (κ3) is 2.44. The number of hydrazine groups is 1. The molecule has 0 bridgehead atoms. The summed E-state index contributed by atoms with van der Waals surface area (Å²) < 4.78 is 1.70. The number of rotatable bonds is 1. The molecule has 0 spiro atoms. The highest BCUT2D eigenvalue weighted by molar-refractivity contribution is 14.1. The summed E-state index contributed by atoms with van der Waals surface area (Å²) in [4.78, 5) is 11.1. The smallest absolute Gasteiger partial charge is 0.265 e. The van der Waals surface area contributed by atoms with E-state index in [0.29, 0.717) is 11.3 Å². The Morgan fingerprint density at radius 1 is 1.31 bits per heavy atom. The third-order valence-electron chi connectivity index (χ3n) is 1.47. The summed E-state index contributed by atoms with van der Waals surface area (Å²) in [7, 11) is 0. The van der Waals surface area contributed by atoms with Gasteiger partial charge in [-0.05, 0) is 57.3 Å². The molecule has 0 unspecified atom stereocenters. The Bertz CT molecular complexity index is 331. The molecule has 1 aromatic carbocycles. The average Bonchev–Trinajstić information content (AvgIpc) is 2.12. The number of nitrogen functional groups attached to an aromatic ring is 2. The summed E-state index contributed by atoms with van der Waals surface area (Å²) in [5, 5.41) is 0. The first-order valence-electron chi connectivity index (χ1n) is 3.31. The van der Waals surface area contributed by atoms with E-state index in [2.05, 4.69) is 50.6 Å². The minimum atomic E-state index is -0.309. The van der Waals surface area contributed by atoms with E-state index in [1.165, 1.54) is 0 Å². The van der Waals surface area contributed by atoms with Crippen molar-refractivity contribution in [2.75, 3.05) is 5.73 Å². The van der Waals surface area contributed by atoms with Crippen LogP contribution in [0.2, 0.25) is 0 Å². The molecule has 0 atom stereocenters. The molecular formula is C7H7I2N3O. The van der Waals surface area contributed by atoms with Crippen LogP contribution >= 0.6 is 45.2 Å². The zero-order valence-corrected chi connectivity index (χ0v) is 10.8. The summed E-state index contributed by atoms with van der Waals surface area (Å²) >= 11 is 4.15. The first-order chi connectivity index (χ1) is 6.06. The van der Waals surface area contributed by atoms with Crippen molar-refractivity contribution >= 4 is 56.8 Å². The van der Waals surface area contributed by atoms with Crippen molar-refractivity contribution < 1.29 is 4.79 Å². The highest BCUT2D eigenvalue weighted by Gasteiger charge is 2.08. The van der Waals surface area contributed by atoms with E-state index in [1.807, 2.05) is 0 Å². The van der Waals surface area contributed by atoms with Gasteiger partial charge in [-0.15, -0.1) is 0 Å². The van der Waals surface area contributed by atoms with Gasteiger partial charge >= 0.3 is 0 Å². The molecule has 0 aromatic heterocycles. The average molecular weight is 403 g/mol. The number of hydrogen-bond donors (Lipinski definition) is 3. The van der Waals surface area contributed by atoms with Crippen molar-refractivity contribution in [2.45, 2.75) is 0 Å². The molecule has 0 fully saturated rings. The van der Waals surface area contributed by atoms with Gasteiger partial charge in [-0.3, -0.25) is 10.2 Å². The maximum atomic E-state index is 11.1. The van der Waals surface area contributed by atoms with Crippen LogP contribution in [0.3, 0.4) is 0 Å². The molecule has 6 heteroatoms. The number of carbonyl (C=O) groups excluding carboxylic acids is 1. The van der Waals surface area contributed by atoms with Crippen LogP contribution in [0.1, 0.15) is 10.4 Å². The lowest BCUT2D eigenvalue weighted by molar-refractivity contribution is 0.0953. The number of halogens is 2. The first-order valence-corrected chi connectivity index (χ1v) is 5.47. The van der Waals surface area contributed by atoms with Gasteiger partial charge < -0.3 is 5.73 Å². The second kappa shape index (κ2) is 4.42. The monoisotopic (exact) mass is 403 g/mol. The first kappa shape index (κ1) is 11.0. The second-order valence-electron chi connectivity index (χ2n) is 2.33. The lowest BCUT2D eigenvalue weighted by atomic mass is 10.2. The molecule has 0 saturated heterocycles. The van der Waals surface area contributed by atoms with E-state index < -0.39 is 0 Å². The zero-order chi connectivity index (χ0) is 10.0. The Balaban J connectivity index is 3.20. The quantitative estimate of drug-likeness (QED) is 0.216. The Hall–Kier alpha value is -0.0900. The van der Waals surface area contributed by atoms with Gasteiger partial charge in [0, 0.05) is 12.7 Å². The van der Waals surface area contributed by atoms with Crippen molar-refractivity contribution in [1.29, 1.82) is 0 Å². The van der Waals surface area contributed by atoms with Crippen LogP contribution in [0, 0.1) is 7.14 Å². The maximum absolute atomic E-state index is 11.1. The number of nitrogens with two attached hydrogens (primary N) is 2. The Labute approximate surface area is 103 Å². The molecule has 0 saturated carbocycles. The molecule has 70 valence electrons. The maximum Gasteiger partial charge on any atom is 0.265 e. The van der Waals surface area contributed by atoms with Crippen LogP contribution in [-0.4, -0.2) is 5.91 Å². The number of benzene rings is 1. The topological polar surface area (TPSA) is 81.1 Å². The van der Waals surface area contributed by atoms with E-state index in [0.717, 1.165) is 7.14 Å². The van der Waals surface area contributed by atoms with Crippen molar-refractivity contribution in [1.82, 2.24) is 5.43 Å². The summed E-state index contributed by atoms with van der Waals surface area (Å²) in [6.07, 6.45) is 0. The number of amides is 1. The standard InChI is InChI=1S/C7H7I2N3O/c8-4-1-3(7(13)12-11)2-5(9)6(4)10/h1-2H,10-11H2,(H,12,13). The minimum Gasteiger partial charge on any atom is -0.397 e. The fraction of sp³-hybridized carbons (Fsp3) is 0. The molecule has 5 N–H and O–H groups in total. The third-order valence-corrected chi connectivity index (χ3v) is 3.26. The van der Waals surface area contributed by atoms with E-state index in [-0.39, 0.29) is 5.91 Å². The Morgan fingerprint density at radius 3 is 2.15 bits per heavy atom. The molecule has 13 heavy (non-hydrogen) atoms. The van der Waals surface area contributed by atoms with E-state index in [1.54, 1.807) is 12.1 Å². The van der Waals surface area contributed by atoms with Gasteiger partial charge in [-0.1, -0.05) is 0 Å². The highest BCUT2D eigenvalue weighted by atomic mass is 127. The highest BCUT2D eigenvalue weighted by Crippen LogP contribution is 2.23. The number of anilines is 1. The summed E-state index contributed by atoms with van der Waals surface area (Å²) in [5.74, 6) is 4.70. The Morgan fingerprint density at radius 2 is 1.77 bits per heavy atom. The van der Waals surface area contributed by atoms with Crippen molar-refractivity contribution in [3.63, 3.8) is 0 Å². The van der Waals surface area contributed by atoms with Crippen LogP contribution in [0.5, 0.6) is 0 Å². The largest absolute Gasteiger partial charge is 0.397 e. The van der Waals surface area contributed by atoms with Crippen LogP contribution in [0.15, 0.2) is 12.1 Å². The van der Waals surface area contributed by atoms with Crippen LogP contribution in [-0.2, 0) is 0 Å². The van der Waals surface area contributed by atoms with Gasteiger partial charge in [-0.2, -0.15) is 0 Å². The second-order valence-corrected chi connectivity index (χ2v) is 4.65. The van der Waals surface area contributed by atoms with Crippen molar-refractivity contribution in [2.24, 2.45) is 5.84 Å².